The highest BCUT2D eigenvalue weighted by atomic mass is 19.1. The van der Waals surface area contributed by atoms with Crippen LogP contribution in [0.3, 0.4) is 0 Å². The van der Waals surface area contributed by atoms with Crippen molar-refractivity contribution in [3.8, 4) is 22.8 Å². The summed E-state index contributed by atoms with van der Waals surface area (Å²) < 4.78 is 14.7. The first kappa shape index (κ1) is 31.0. The molecule has 0 radical (unpaired) electrons. The lowest BCUT2D eigenvalue weighted by Crippen LogP contribution is -2.23. The van der Waals surface area contributed by atoms with Crippen LogP contribution < -0.4 is 10.6 Å². The van der Waals surface area contributed by atoms with Gasteiger partial charge in [0.15, 0.2) is 5.82 Å². The smallest absolute Gasteiger partial charge is 0.159 e. The van der Waals surface area contributed by atoms with Crippen LogP contribution >= 0.6 is 0 Å². The predicted octanol–water partition coefficient (Wildman–Crippen LogP) is 4.83. The third-order valence-corrected chi connectivity index (χ3v) is 7.60. The molecule has 228 valence electrons. The van der Waals surface area contributed by atoms with Crippen LogP contribution in [0.5, 0.6) is 0 Å². The van der Waals surface area contributed by atoms with Crippen LogP contribution in [0.2, 0.25) is 0 Å². The standard InChI is InChI=1S/C35H41FN8/c1-7-30-29(16-23(2)27-18-25(21-37-22-27)11-9-15-44(5)6)33(42-41-30)35-39-31-12-13-38-32(34(31)40-35)26-17-24(19-28(36)20-26)10-8-14-43(3)4/h7,12-13,16-22,41H,2,8-11,14-15H2,1,3-6H3,(H,39,40)/b29-16+,30-7+. The van der Waals surface area contributed by atoms with Crippen molar-refractivity contribution in [1.82, 2.24) is 39.9 Å². The van der Waals surface area contributed by atoms with Gasteiger partial charge in [0.25, 0.3) is 0 Å². The van der Waals surface area contributed by atoms with Gasteiger partial charge in [-0.3, -0.25) is 15.1 Å². The number of benzene rings is 1. The Balaban J connectivity index is 1.50. The van der Waals surface area contributed by atoms with Crippen LogP contribution in [-0.4, -0.2) is 81.2 Å². The number of hydrogen-bond acceptors (Lipinski definition) is 6. The maximum Gasteiger partial charge on any atom is 0.159 e. The van der Waals surface area contributed by atoms with E-state index < -0.39 is 0 Å². The van der Waals surface area contributed by atoms with Crippen LogP contribution in [0, 0.1) is 5.82 Å². The number of aryl methyl sites for hydroxylation is 2. The number of imidazole rings is 1. The molecule has 8 nitrogen and oxygen atoms in total. The monoisotopic (exact) mass is 592 g/mol. The SMILES string of the molecule is C=C(/C=c1/c(-c2nc3c(-c4cc(F)cc(CCCN(C)C)c4)nccc3[nH]2)n[nH]/c1=C/C)c1cncc(CCCN(C)C)c1. The summed E-state index contributed by atoms with van der Waals surface area (Å²) in [6.07, 6.45) is 13.2. The van der Waals surface area contributed by atoms with Crippen molar-refractivity contribution in [1.29, 1.82) is 0 Å². The van der Waals surface area contributed by atoms with E-state index in [1.165, 1.54) is 11.6 Å². The van der Waals surface area contributed by atoms with E-state index in [4.69, 9.17) is 4.98 Å². The van der Waals surface area contributed by atoms with E-state index in [-0.39, 0.29) is 5.82 Å². The van der Waals surface area contributed by atoms with Gasteiger partial charge in [0.05, 0.1) is 16.6 Å². The lowest BCUT2D eigenvalue weighted by molar-refractivity contribution is 0.400. The highest BCUT2D eigenvalue weighted by Gasteiger charge is 2.16. The molecule has 4 heterocycles. The molecule has 0 aliphatic heterocycles. The second-order valence-electron chi connectivity index (χ2n) is 11.7. The maximum absolute atomic E-state index is 14.7. The van der Waals surface area contributed by atoms with Gasteiger partial charge in [-0.2, -0.15) is 5.10 Å². The molecule has 0 saturated carbocycles. The van der Waals surface area contributed by atoms with Crippen LogP contribution in [0.4, 0.5) is 4.39 Å². The zero-order valence-electron chi connectivity index (χ0n) is 26.3. The molecule has 0 bridgehead atoms. The number of halogens is 1. The Morgan fingerprint density at radius 3 is 2.43 bits per heavy atom. The molecule has 0 amide bonds. The molecule has 5 rings (SSSR count). The normalized spacial score (nSPS) is 12.7. The third kappa shape index (κ3) is 7.35. The Kier molecular flexibility index (Phi) is 9.77. The van der Waals surface area contributed by atoms with Crippen LogP contribution in [0.25, 0.3) is 51.5 Å². The second kappa shape index (κ2) is 13.9. The molecular formula is C35H41FN8. The molecule has 0 saturated heterocycles. The molecule has 0 atom stereocenters. The number of H-pyrrole nitrogens is 2. The Bertz CT molecular complexity index is 1880. The maximum atomic E-state index is 14.7. The lowest BCUT2D eigenvalue weighted by atomic mass is 10.0. The summed E-state index contributed by atoms with van der Waals surface area (Å²) >= 11 is 0. The zero-order valence-corrected chi connectivity index (χ0v) is 26.3. The molecule has 44 heavy (non-hydrogen) atoms. The number of hydrogen-bond donors (Lipinski definition) is 2. The fraction of sp³-hybridized carbons (Fsp3) is 0.314. The fourth-order valence-electron chi connectivity index (χ4n) is 5.36. The molecule has 0 fully saturated rings. The van der Waals surface area contributed by atoms with Gasteiger partial charge in [-0.05, 0) is 133 Å². The van der Waals surface area contributed by atoms with Gasteiger partial charge in [0.2, 0.25) is 0 Å². The predicted molar refractivity (Wildman–Crippen MR) is 178 cm³/mol. The molecule has 0 spiro atoms. The van der Waals surface area contributed by atoms with Gasteiger partial charge in [-0.25, -0.2) is 9.37 Å². The summed E-state index contributed by atoms with van der Waals surface area (Å²) in [5.74, 6) is 0.315. The summed E-state index contributed by atoms with van der Waals surface area (Å²) in [6.45, 7) is 8.29. The molecule has 0 aliphatic rings. The summed E-state index contributed by atoms with van der Waals surface area (Å²) in [4.78, 5) is 21.8. The minimum absolute atomic E-state index is 0.279. The largest absolute Gasteiger partial charge is 0.336 e. The van der Waals surface area contributed by atoms with E-state index in [1.807, 2.05) is 57.7 Å². The topological polar surface area (TPSA) is 89.6 Å². The van der Waals surface area contributed by atoms with E-state index in [0.29, 0.717) is 28.3 Å². The van der Waals surface area contributed by atoms with E-state index in [9.17, 15) is 4.39 Å². The highest BCUT2D eigenvalue weighted by molar-refractivity contribution is 5.92. The summed E-state index contributed by atoms with van der Waals surface area (Å²) in [5.41, 5.74) is 7.38. The average Bonchev–Trinajstić information content (AvgIpc) is 3.60. The van der Waals surface area contributed by atoms with Crippen LogP contribution in [0.1, 0.15) is 36.5 Å². The third-order valence-electron chi connectivity index (χ3n) is 7.60. The number of aromatic nitrogens is 6. The number of nitrogens with one attached hydrogen (secondary N) is 2. The molecule has 0 unspecified atom stereocenters. The van der Waals surface area contributed by atoms with Crippen molar-refractivity contribution in [3.05, 3.63) is 88.6 Å². The molecule has 5 aromatic rings. The van der Waals surface area contributed by atoms with E-state index in [1.54, 1.807) is 12.3 Å². The number of aromatic amines is 2. The Morgan fingerprint density at radius 1 is 0.955 bits per heavy atom. The van der Waals surface area contributed by atoms with Crippen molar-refractivity contribution in [2.24, 2.45) is 0 Å². The first-order valence-corrected chi connectivity index (χ1v) is 15.0. The van der Waals surface area contributed by atoms with E-state index in [2.05, 4.69) is 61.7 Å². The van der Waals surface area contributed by atoms with Gasteiger partial charge in [0.1, 0.15) is 17.0 Å². The minimum Gasteiger partial charge on any atom is -0.336 e. The van der Waals surface area contributed by atoms with Crippen molar-refractivity contribution in [2.45, 2.75) is 32.6 Å². The minimum atomic E-state index is -0.279. The Morgan fingerprint density at radius 2 is 1.70 bits per heavy atom. The second-order valence-corrected chi connectivity index (χ2v) is 11.7. The highest BCUT2D eigenvalue weighted by Crippen LogP contribution is 2.28. The Hall–Kier alpha value is -4.47. The fourth-order valence-corrected chi connectivity index (χ4v) is 5.36. The van der Waals surface area contributed by atoms with Crippen molar-refractivity contribution >= 4 is 28.8 Å². The van der Waals surface area contributed by atoms with Gasteiger partial charge < -0.3 is 14.8 Å². The van der Waals surface area contributed by atoms with Crippen molar-refractivity contribution < 1.29 is 4.39 Å². The van der Waals surface area contributed by atoms with Crippen molar-refractivity contribution in [2.75, 3.05) is 41.3 Å². The number of allylic oxidation sites excluding steroid dienone is 1. The molecule has 2 N–H and O–H groups in total. The summed E-state index contributed by atoms with van der Waals surface area (Å²) in [5, 5.41) is 9.50. The van der Waals surface area contributed by atoms with Gasteiger partial charge in [0, 0.05) is 29.4 Å². The van der Waals surface area contributed by atoms with Crippen LogP contribution in [-0.2, 0) is 12.8 Å². The summed E-state index contributed by atoms with van der Waals surface area (Å²) in [6, 6.07) is 9.17. The summed E-state index contributed by atoms with van der Waals surface area (Å²) in [7, 11) is 8.25. The lowest BCUT2D eigenvalue weighted by Gasteiger charge is -2.10. The number of rotatable bonds is 12. The molecule has 4 aromatic heterocycles. The molecule has 0 aliphatic carbocycles. The zero-order chi connectivity index (χ0) is 31.2. The molecular weight excluding hydrogens is 551 g/mol. The molecule has 1 aromatic carbocycles. The van der Waals surface area contributed by atoms with Gasteiger partial charge >= 0.3 is 0 Å². The molecule has 9 heteroatoms. The van der Waals surface area contributed by atoms with Gasteiger partial charge in [-0.1, -0.05) is 12.7 Å². The van der Waals surface area contributed by atoms with Crippen molar-refractivity contribution in [3.63, 3.8) is 0 Å². The van der Waals surface area contributed by atoms with E-state index in [0.717, 1.165) is 71.6 Å². The number of nitrogens with zero attached hydrogens (tertiary/aromatic N) is 6. The number of pyridine rings is 2. The quantitative estimate of drug-likeness (QED) is 0.216. The van der Waals surface area contributed by atoms with Gasteiger partial charge in [-0.15, -0.1) is 0 Å². The average molecular weight is 593 g/mol. The Labute approximate surface area is 258 Å². The number of fused-ring (bicyclic) bond motifs is 1. The van der Waals surface area contributed by atoms with E-state index >= 15 is 0 Å². The first-order chi connectivity index (χ1) is 21.2. The first-order valence-electron chi connectivity index (χ1n) is 15.0. The van der Waals surface area contributed by atoms with Crippen LogP contribution in [0.15, 0.2) is 55.5 Å².